The number of pyridine rings is 2. The lowest BCUT2D eigenvalue weighted by atomic mass is 9.92. The number of halogens is 2. The summed E-state index contributed by atoms with van der Waals surface area (Å²) in [7, 11) is -4.49. The number of aliphatic hydroxyl groups is 3. The normalized spacial score (nSPS) is 28.0. The molecular weight excluding hydrogens is 505 g/mol. The van der Waals surface area contributed by atoms with Crippen molar-refractivity contribution in [3.05, 3.63) is 33.6 Å². The van der Waals surface area contributed by atoms with Crippen molar-refractivity contribution in [1.29, 1.82) is 0 Å². The maximum absolute atomic E-state index is 14.7. The highest BCUT2D eigenvalue weighted by Gasteiger charge is 2.50. The average Bonchev–Trinajstić information content (AvgIpc) is 3.04. The molecule has 3 aliphatic heterocycles. The molecule has 3 aliphatic rings. The zero-order chi connectivity index (χ0) is 26.5. The van der Waals surface area contributed by atoms with Crippen molar-refractivity contribution in [3.8, 4) is 11.4 Å². The minimum Gasteiger partial charge on any atom is -0.388 e. The van der Waals surface area contributed by atoms with Gasteiger partial charge in [-0.05, 0) is 39.7 Å². The van der Waals surface area contributed by atoms with E-state index in [4.69, 9.17) is 21.5 Å². The monoisotopic (exact) mass is 536 g/mol. The van der Waals surface area contributed by atoms with Crippen LogP contribution in [0.3, 0.4) is 0 Å². The van der Waals surface area contributed by atoms with Crippen molar-refractivity contribution in [2.75, 3.05) is 0 Å². The van der Waals surface area contributed by atoms with Gasteiger partial charge in [0.1, 0.15) is 34.6 Å². The maximum Gasteiger partial charge on any atom is 0.359 e. The van der Waals surface area contributed by atoms with Gasteiger partial charge in [-0.1, -0.05) is 26.1 Å². The number of ether oxygens (including phenoxy) is 1. The zero-order valence-corrected chi connectivity index (χ0v) is 21.8. The van der Waals surface area contributed by atoms with Gasteiger partial charge in [0.25, 0.3) is 0 Å². The first-order chi connectivity index (χ1) is 16.1. The molecule has 1 fully saturated rings. The van der Waals surface area contributed by atoms with E-state index >= 15 is 0 Å². The third-order valence-electron chi connectivity index (χ3n) is 6.81. The molecule has 0 amide bonds. The summed E-state index contributed by atoms with van der Waals surface area (Å²) < 4.78 is 52.6. The predicted octanol–water partition coefficient (Wildman–Crippen LogP) is 3.87. The number of hydrogen-bond donors (Lipinski definition) is 5. The van der Waals surface area contributed by atoms with E-state index in [1.54, 1.807) is 13.8 Å². The van der Waals surface area contributed by atoms with Gasteiger partial charge in [-0.3, -0.25) is 4.57 Å². The van der Waals surface area contributed by atoms with Crippen LogP contribution in [0.1, 0.15) is 64.2 Å². The lowest BCUT2D eigenvalue weighted by Crippen LogP contribution is -2.40. The molecule has 1 saturated heterocycles. The van der Waals surface area contributed by atoms with Gasteiger partial charge in [0.2, 0.25) is 0 Å². The van der Waals surface area contributed by atoms with E-state index in [1.807, 2.05) is 0 Å². The van der Waals surface area contributed by atoms with E-state index in [0.717, 1.165) is 0 Å². The summed E-state index contributed by atoms with van der Waals surface area (Å²) in [5, 5.41) is 29.7. The van der Waals surface area contributed by atoms with Crippen molar-refractivity contribution in [2.45, 2.75) is 89.2 Å². The van der Waals surface area contributed by atoms with Gasteiger partial charge in [-0.25, -0.2) is 9.37 Å². The lowest BCUT2D eigenvalue weighted by molar-refractivity contribution is -0.0532. The lowest BCUT2D eigenvalue weighted by Gasteiger charge is -2.37. The minimum absolute atomic E-state index is 0.0299. The number of nitrogens with one attached hydrogen (secondary N) is 1. The number of H-pyrrole nitrogens is 1. The standard InChI is InChI=1S/C22H31F2N2O7PS/c1-6-21(4,33-34(30,31)22(5,29)7-2)9-13-15(27)16(28)17(32-13)12-8-11-14(23)10(3)18(24)25-19(11)26-20(12)35/h8,13,15-17,27-29H,6-7,9H2,1-5H3,(H,30,31)(H,25,26,35)/t13-,15?,16+,17+,21?,22?/m1/s1. The van der Waals surface area contributed by atoms with Crippen molar-refractivity contribution >= 4 is 19.8 Å². The Bertz CT molecular complexity index is 1180. The van der Waals surface area contributed by atoms with Crippen LogP contribution in [0.15, 0.2) is 6.07 Å². The molecule has 4 unspecified atom stereocenters. The second-order valence-electron chi connectivity index (χ2n) is 9.42. The summed E-state index contributed by atoms with van der Waals surface area (Å²) in [5.41, 5.74) is -1.50. The van der Waals surface area contributed by atoms with E-state index in [9.17, 15) is 33.6 Å². The minimum atomic E-state index is -4.49. The molecule has 0 spiro atoms. The molecule has 0 radical (unpaired) electrons. The first-order valence-electron chi connectivity index (χ1n) is 11.2. The topological polar surface area (TPSA) is 145 Å². The molecule has 0 saturated carbocycles. The van der Waals surface area contributed by atoms with Gasteiger partial charge >= 0.3 is 7.60 Å². The quantitative estimate of drug-likeness (QED) is 0.193. The molecule has 0 aromatic rings. The highest BCUT2D eigenvalue weighted by atomic mass is 32.1. The largest absolute Gasteiger partial charge is 0.388 e. The van der Waals surface area contributed by atoms with E-state index in [0.29, 0.717) is 0 Å². The Morgan fingerprint density at radius 3 is 2.46 bits per heavy atom. The van der Waals surface area contributed by atoms with E-state index in [1.165, 1.54) is 26.8 Å². The molecular formula is C22H31F2N2O7PS. The van der Waals surface area contributed by atoms with Crippen molar-refractivity contribution in [1.82, 2.24) is 9.97 Å². The first-order valence-corrected chi connectivity index (χ1v) is 13.2. The second kappa shape index (κ2) is 9.83. The number of fused-ring (bicyclic) bond motifs is 1. The van der Waals surface area contributed by atoms with Crippen molar-refractivity contribution < 1.29 is 42.8 Å². The maximum atomic E-state index is 14.7. The van der Waals surface area contributed by atoms with E-state index in [-0.39, 0.29) is 46.4 Å². The van der Waals surface area contributed by atoms with Crippen LogP contribution in [0.5, 0.6) is 0 Å². The third kappa shape index (κ3) is 5.21. The summed E-state index contributed by atoms with van der Waals surface area (Å²) in [6.07, 6.45) is -5.07. The third-order valence-corrected chi connectivity index (χ3v) is 9.36. The molecule has 0 bridgehead atoms. The Morgan fingerprint density at radius 2 is 1.89 bits per heavy atom. The molecule has 35 heavy (non-hydrogen) atoms. The highest BCUT2D eigenvalue weighted by Crippen LogP contribution is 2.59. The Hall–Kier alpha value is -1.37. The number of rotatable bonds is 8. The fraction of sp³-hybridized carbons (Fsp3) is 0.636. The Balaban J connectivity index is 1.92. The molecule has 0 aliphatic carbocycles. The predicted molar refractivity (Wildman–Crippen MR) is 125 cm³/mol. The molecule has 13 heteroatoms. The van der Waals surface area contributed by atoms with Crippen LogP contribution in [0.25, 0.3) is 11.4 Å². The van der Waals surface area contributed by atoms with Gasteiger partial charge < -0.3 is 34.5 Å². The van der Waals surface area contributed by atoms with Crippen LogP contribution in [-0.2, 0) is 13.8 Å². The van der Waals surface area contributed by atoms with Gasteiger partial charge in [0, 0.05) is 17.5 Å². The molecule has 5 N–H and O–H groups in total. The summed E-state index contributed by atoms with van der Waals surface area (Å²) in [6, 6.07) is 1.29. The van der Waals surface area contributed by atoms with Crippen LogP contribution in [0.4, 0.5) is 8.78 Å². The van der Waals surface area contributed by atoms with Gasteiger partial charge in [0.15, 0.2) is 11.3 Å². The zero-order valence-electron chi connectivity index (χ0n) is 20.1. The Morgan fingerprint density at radius 1 is 1.26 bits per heavy atom. The fourth-order valence-corrected chi connectivity index (χ4v) is 5.58. The van der Waals surface area contributed by atoms with Crippen LogP contribution < -0.4 is 0 Å². The van der Waals surface area contributed by atoms with Crippen LogP contribution >= 0.6 is 19.8 Å². The second-order valence-corrected chi connectivity index (χ2v) is 12.0. The molecule has 0 aromatic heterocycles. The summed E-state index contributed by atoms with van der Waals surface area (Å²) in [6.45, 7) is 7.23. The fourth-order valence-electron chi connectivity index (χ4n) is 3.92. The highest BCUT2D eigenvalue weighted by molar-refractivity contribution is 7.71. The Labute approximate surface area is 207 Å². The first kappa shape index (κ1) is 28.2. The molecule has 3 heterocycles. The molecule has 196 valence electrons. The van der Waals surface area contributed by atoms with Gasteiger partial charge in [0.05, 0.1) is 17.3 Å². The molecule has 7 atom stereocenters. The SMILES string of the molecule is CCC(C)(C[C@H]1O[C@@H](c2cc3c(F)c(C)c(F)[nH]c-3nc2=S)[C@@H](O)C1O)OP(=O)(O)C(C)(O)CC. The average molecular weight is 537 g/mol. The van der Waals surface area contributed by atoms with Crippen LogP contribution in [0, 0.1) is 23.3 Å². The van der Waals surface area contributed by atoms with Crippen molar-refractivity contribution in [2.24, 2.45) is 0 Å². The van der Waals surface area contributed by atoms with Crippen molar-refractivity contribution in [3.63, 3.8) is 0 Å². The van der Waals surface area contributed by atoms with Gasteiger partial charge in [-0.15, -0.1) is 0 Å². The number of aliphatic hydroxyl groups excluding tert-OH is 2. The summed E-state index contributed by atoms with van der Waals surface area (Å²) in [5.74, 6) is -1.85. The smallest absolute Gasteiger partial charge is 0.359 e. The van der Waals surface area contributed by atoms with E-state index < -0.39 is 54.7 Å². The molecule has 3 rings (SSSR count). The summed E-state index contributed by atoms with van der Waals surface area (Å²) >= 11 is 5.25. The van der Waals surface area contributed by atoms with Crippen LogP contribution in [-0.4, -0.2) is 59.4 Å². The van der Waals surface area contributed by atoms with Crippen LogP contribution in [0.2, 0.25) is 0 Å². The summed E-state index contributed by atoms with van der Waals surface area (Å²) in [4.78, 5) is 16.7. The number of aromatic nitrogens is 2. The van der Waals surface area contributed by atoms with E-state index in [2.05, 4.69) is 9.97 Å². The number of nitrogens with zero attached hydrogens (tertiary/aromatic N) is 1. The van der Waals surface area contributed by atoms with Gasteiger partial charge in [-0.2, -0.15) is 4.39 Å². The number of aromatic amines is 1. The molecule has 0 aromatic carbocycles. The Kier molecular flexibility index (Phi) is 7.92. The molecule has 9 nitrogen and oxygen atoms in total. The number of hydrogen-bond acceptors (Lipinski definition) is 8.